The molecule has 1 saturated carbocycles. The summed E-state index contributed by atoms with van der Waals surface area (Å²) < 4.78 is 10.9. The van der Waals surface area contributed by atoms with Gasteiger partial charge in [-0.2, -0.15) is 0 Å². The van der Waals surface area contributed by atoms with Gasteiger partial charge in [-0.05, 0) is 33.6 Å². The number of nitrogens with zero attached hydrogens (tertiary/aromatic N) is 1. The lowest BCUT2D eigenvalue weighted by Crippen LogP contribution is -2.53. The topological polar surface area (TPSA) is 50.8 Å². The van der Waals surface area contributed by atoms with Gasteiger partial charge >= 0.3 is 5.97 Å². The van der Waals surface area contributed by atoms with Gasteiger partial charge in [-0.1, -0.05) is 0 Å². The first-order valence-electron chi connectivity index (χ1n) is 7.39. The Balaban J connectivity index is 1.88. The molecule has 0 aromatic heterocycles. The number of ether oxygens (including phenoxy) is 2. The van der Waals surface area contributed by atoms with Crippen molar-refractivity contribution in [2.45, 2.75) is 57.9 Å². The van der Waals surface area contributed by atoms with Gasteiger partial charge < -0.3 is 14.8 Å². The van der Waals surface area contributed by atoms with E-state index in [9.17, 15) is 4.79 Å². The zero-order valence-electron chi connectivity index (χ0n) is 12.2. The fraction of sp³-hybridized carbons (Fsp3) is 0.929. The second-order valence-corrected chi connectivity index (χ2v) is 5.72. The van der Waals surface area contributed by atoms with Crippen molar-refractivity contribution < 1.29 is 14.3 Å². The van der Waals surface area contributed by atoms with Crippen molar-refractivity contribution in [3.05, 3.63) is 0 Å². The van der Waals surface area contributed by atoms with E-state index in [1.807, 2.05) is 6.92 Å². The van der Waals surface area contributed by atoms with Crippen LogP contribution >= 0.6 is 0 Å². The molecule has 0 aromatic rings. The quantitative estimate of drug-likeness (QED) is 0.723. The molecule has 2 rings (SSSR count). The normalized spacial score (nSPS) is 30.1. The largest absolute Gasteiger partial charge is 0.465 e. The van der Waals surface area contributed by atoms with Gasteiger partial charge in [-0.3, -0.25) is 9.69 Å². The standard InChI is InChI=1S/C14H26N2O3/c1-4-18-14(17)13(15-12-5-6-12)9-16-7-10(2)19-11(3)8-16/h10-13,15H,4-9H2,1-3H3/t10-,11+,13?. The van der Waals surface area contributed by atoms with E-state index in [0.29, 0.717) is 19.2 Å². The first kappa shape index (κ1) is 14.8. The third-order valence-corrected chi connectivity index (χ3v) is 3.52. The van der Waals surface area contributed by atoms with Crippen molar-refractivity contribution in [1.82, 2.24) is 10.2 Å². The van der Waals surface area contributed by atoms with Crippen LogP contribution in [0.4, 0.5) is 0 Å². The van der Waals surface area contributed by atoms with Crippen LogP contribution in [-0.4, -0.2) is 61.4 Å². The van der Waals surface area contributed by atoms with Crippen LogP contribution in [-0.2, 0) is 14.3 Å². The van der Waals surface area contributed by atoms with Gasteiger partial charge in [-0.15, -0.1) is 0 Å². The molecule has 1 aliphatic carbocycles. The summed E-state index contributed by atoms with van der Waals surface area (Å²) in [6.07, 6.45) is 2.80. The molecule has 0 aromatic carbocycles. The van der Waals surface area contributed by atoms with Crippen LogP contribution in [0, 0.1) is 0 Å². The predicted octanol–water partition coefficient (Wildman–Crippen LogP) is 0.779. The van der Waals surface area contributed by atoms with Crippen LogP contribution in [0.2, 0.25) is 0 Å². The zero-order chi connectivity index (χ0) is 13.8. The first-order valence-corrected chi connectivity index (χ1v) is 7.39. The summed E-state index contributed by atoms with van der Waals surface area (Å²) >= 11 is 0. The minimum absolute atomic E-state index is 0.124. The molecule has 1 N–H and O–H groups in total. The number of carbonyl (C=O) groups is 1. The molecule has 1 aliphatic heterocycles. The zero-order valence-corrected chi connectivity index (χ0v) is 12.2. The lowest BCUT2D eigenvalue weighted by atomic mass is 10.2. The van der Waals surface area contributed by atoms with Crippen molar-refractivity contribution in [3.8, 4) is 0 Å². The van der Waals surface area contributed by atoms with Gasteiger partial charge in [-0.25, -0.2) is 0 Å². The smallest absolute Gasteiger partial charge is 0.324 e. The van der Waals surface area contributed by atoms with Crippen LogP contribution in [0.3, 0.4) is 0 Å². The molecule has 0 spiro atoms. The molecule has 5 nitrogen and oxygen atoms in total. The average molecular weight is 270 g/mol. The maximum Gasteiger partial charge on any atom is 0.324 e. The number of nitrogens with one attached hydrogen (secondary N) is 1. The summed E-state index contributed by atoms with van der Waals surface area (Å²) in [7, 11) is 0. The van der Waals surface area contributed by atoms with Crippen LogP contribution in [0.5, 0.6) is 0 Å². The van der Waals surface area contributed by atoms with E-state index in [-0.39, 0.29) is 24.2 Å². The number of esters is 1. The molecule has 0 bridgehead atoms. The lowest BCUT2D eigenvalue weighted by molar-refractivity contribution is -0.147. The van der Waals surface area contributed by atoms with Crippen molar-refractivity contribution in [3.63, 3.8) is 0 Å². The molecule has 0 amide bonds. The third-order valence-electron chi connectivity index (χ3n) is 3.52. The SMILES string of the molecule is CCOC(=O)C(CN1C[C@@H](C)O[C@@H](C)C1)NC1CC1. The molecule has 110 valence electrons. The molecule has 19 heavy (non-hydrogen) atoms. The van der Waals surface area contributed by atoms with Crippen molar-refractivity contribution in [1.29, 1.82) is 0 Å². The molecular formula is C14H26N2O3. The fourth-order valence-corrected chi connectivity index (χ4v) is 2.66. The minimum Gasteiger partial charge on any atom is -0.465 e. The Labute approximate surface area is 115 Å². The number of hydrogen-bond acceptors (Lipinski definition) is 5. The summed E-state index contributed by atoms with van der Waals surface area (Å²) in [5.41, 5.74) is 0. The number of rotatable bonds is 6. The Hall–Kier alpha value is -0.650. The highest BCUT2D eigenvalue weighted by molar-refractivity contribution is 5.76. The van der Waals surface area contributed by atoms with Gasteiger partial charge in [0.1, 0.15) is 6.04 Å². The van der Waals surface area contributed by atoms with Crippen molar-refractivity contribution >= 4 is 5.97 Å². The predicted molar refractivity (Wildman–Crippen MR) is 73.0 cm³/mol. The first-order chi connectivity index (χ1) is 9.08. The van der Waals surface area contributed by atoms with E-state index < -0.39 is 0 Å². The van der Waals surface area contributed by atoms with Gasteiger partial charge in [0, 0.05) is 25.7 Å². The van der Waals surface area contributed by atoms with Crippen LogP contribution in [0.25, 0.3) is 0 Å². The van der Waals surface area contributed by atoms with Crippen molar-refractivity contribution in [2.24, 2.45) is 0 Å². The maximum absolute atomic E-state index is 12.0. The number of morpholine rings is 1. The van der Waals surface area contributed by atoms with E-state index in [2.05, 4.69) is 24.1 Å². The second-order valence-electron chi connectivity index (χ2n) is 5.72. The van der Waals surface area contributed by atoms with Crippen LogP contribution < -0.4 is 5.32 Å². The van der Waals surface area contributed by atoms with Crippen LogP contribution in [0.15, 0.2) is 0 Å². The van der Waals surface area contributed by atoms with E-state index in [4.69, 9.17) is 9.47 Å². The molecule has 1 heterocycles. The highest BCUT2D eigenvalue weighted by Crippen LogP contribution is 2.20. The molecular weight excluding hydrogens is 244 g/mol. The van der Waals surface area contributed by atoms with E-state index in [1.54, 1.807) is 0 Å². The fourth-order valence-electron chi connectivity index (χ4n) is 2.66. The second kappa shape index (κ2) is 6.68. The molecule has 3 atom stereocenters. The Bertz CT molecular complexity index is 297. The summed E-state index contributed by atoms with van der Waals surface area (Å²) in [5, 5.41) is 3.40. The minimum atomic E-state index is -0.204. The van der Waals surface area contributed by atoms with Gasteiger partial charge in [0.2, 0.25) is 0 Å². The van der Waals surface area contributed by atoms with Gasteiger partial charge in [0.05, 0.1) is 18.8 Å². The Morgan fingerprint density at radius 2 is 2.00 bits per heavy atom. The lowest BCUT2D eigenvalue weighted by Gasteiger charge is -2.36. The maximum atomic E-state index is 12.0. The highest BCUT2D eigenvalue weighted by atomic mass is 16.5. The monoisotopic (exact) mass is 270 g/mol. The Kier molecular flexibility index (Phi) is 5.19. The van der Waals surface area contributed by atoms with E-state index >= 15 is 0 Å². The molecule has 2 fully saturated rings. The third kappa shape index (κ3) is 4.75. The van der Waals surface area contributed by atoms with Gasteiger partial charge in [0.15, 0.2) is 0 Å². The Morgan fingerprint density at radius 1 is 1.37 bits per heavy atom. The molecule has 5 heteroatoms. The summed E-state index contributed by atoms with van der Waals surface area (Å²) in [6, 6.07) is 0.301. The average Bonchev–Trinajstić information content (AvgIpc) is 3.11. The Morgan fingerprint density at radius 3 is 2.53 bits per heavy atom. The number of carbonyl (C=O) groups excluding carboxylic acids is 1. The molecule has 0 radical (unpaired) electrons. The molecule has 1 saturated heterocycles. The van der Waals surface area contributed by atoms with Crippen molar-refractivity contribution in [2.75, 3.05) is 26.2 Å². The van der Waals surface area contributed by atoms with Crippen LogP contribution in [0.1, 0.15) is 33.6 Å². The highest BCUT2D eigenvalue weighted by Gasteiger charge is 2.32. The summed E-state index contributed by atoms with van der Waals surface area (Å²) in [4.78, 5) is 14.3. The summed E-state index contributed by atoms with van der Waals surface area (Å²) in [6.45, 7) is 8.93. The van der Waals surface area contributed by atoms with E-state index in [0.717, 1.165) is 13.1 Å². The van der Waals surface area contributed by atoms with Gasteiger partial charge in [0.25, 0.3) is 0 Å². The molecule has 2 aliphatic rings. The number of hydrogen-bond donors (Lipinski definition) is 1. The molecule has 1 unspecified atom stereocenters. The van der Waals surface area contributed by atoms with E-state index in [1.165, 1.54) is 12.8 Å². The summed E-state index contributed by atoms with van der Waals surface area (Å²) in [5.74, 6) is -0.124.